The molecule has 7 nitrogen and oxygen atoms in total. The summed E-state index contributed by atoms with van der Waals surface area (Å²) in [7, 11) is -3.52. The summed E-state index contributed by atoms with van der Waals surface area (Å²) in [5, 5.41) is 9.10. The molecule has 0 radical (unpaired) electrons. The number of ether oxygens (including phenoxy) is 2. The van der Waals surface area contributed by atoms with E-state index in [1.165, 1.54) is 0 Å². The van der Waals surface area contributed by atoms with Gasteiger partial charge in [0, 0.05) is 13.0 Å². The van der Waals surface area contributed by atoms with Crippen molar-refractivity contribution >= 4 is 16.1 Å². The molecular formula is C21H26O7S. The summed E-state index contributed by atoms with van der Waals surface area (Å²) < 4.78 is 37.9. The van der Waals surface area contributed by atoms with E-state index in [2.05, 4.69) is 0 Å². The topological polar surface area (TPSA) is 99.1 Å². The number of hydrogen-bond acceptors (Lipinski definition) is 6. The Hall–Kier alpha value is -2.58. The van der Waals surface area contributed by atoms with Crippen LogP contribution in [-0.2, 0) is 32.5 Å². The summed E-state index contributed by atoms with van der Waals surface area (Å²) in [6, 6.07) is 14.3. The van der Waals surface area contributed by atoms with Crippen molar-refractivity contribution in [1.82, 2.24) is 0 Å². The molecule has 2 aromatic rings. The van der Waals surface area contributed by atoms with Gasteiger partial charge in [0.05, 0.1) is 12.9 Å². The standard InChI is InChI=1S/C21H26O7S/c1-3-26-20(21(22)23)13-8-16-4-9-18(10-5-16)27-15-14-17-6-11-19(12-7-17)28-29(2,24)25/h4-7,9-12,20H,3,8,13-15H2,1-2H3,(H,22,23). The zero-order chi connectivity index (χ0) is 21.3. The maximum Gasteiger partial charge on any atom is 0.332 e. The van der Waals surface area contributed by atoms with E-state index in [9.17, 15) is 13.2 Å². The van der Waals surface area contributed by atoms with Crippen LogP contribution in [0.3, 0.4) is 0 Å². The van der Waals surface area contributed by atoms with E-state index in [0.29, 0.717) is 32.5 Å². The zero-order valence-electron chi connectivity index (χ0n) is 16.5. The highest BCUT2D eigenvalue weighted by Crippen LogP contribution is 2.17. The SMILES string of the molecule is CCOC(CCc1ccc(OCCc2ccc(OS(C)(=O)=O)cc2)cc1)C(=O)O. The lowest BCUT2D eigenvalue weighted by Crippen LogP contribution is -2.24. The smallest absolute Gasteiger partial charge is 0.332 e. The van der Waals surface area contributed by atoms with E-state index >= 15 is 0 Å². The molecule has 2 aromatic carbocycles. The van der Waals surface area contributed by atoms with Crippen molar-refractivity contribution in [1.29, 1.82) is 0 Å². The molecule has 0 amide bonds. The second kappa shape index (κ2) is 10.8. The van der Waals surface area contributed by atoms with Crippen LogP contribution in [-0.4, -0.2) is 45.1 Å². The normalized spacial score (nSPS) is 12.3. The molecule has 0 saturated heterocycles. The zero-order valence-corrected chi connectivity index (χ0v) is 17.4. The molecule has 0 aliphatic heterocycles. The lowest BCUT2D eigenvalue weighted by atomic mass is 10.1. The van der Waals surface area contributed by atoms with Gasteiger partial charge in [0.15, 0.2) is 6.10 Å². The van der Waals surface area contributed by atoms with Crippen LogP contribution in [0.1, 0.15) is 24.5 Å². The van der Waals surface area contributed by atoms with Gasteiger partial charge in [0.1, 0.15) is 11.5 Å². The van der Waals surface area contributed by atoms with Gasteiger partial charge in [-0.15, -0.1) is 0 Å². The molecule has 8 heteroatoms. The Bertz CT molecular complexity index is 874. The third-order valence-corrected chi connectivity index (χ3v) is 4.59. The molecule has 0 aromatic heterocycles. The molecule has 0 heterocycles. The fourth-order valence-electron chi connectivity index (χ4n) is 2.70. The lowest BCUT2D eigenvalue weighted by molar-refractivity contribution is -0.150. The number of aliphatic carboxylic acids is 1. The molecule has 0 spiro atoms. The van der Waals surface area contributed by atoms with E-state index in [4.69, 9.17) is 18.8 Å². The van der Waals surface area contributed by atoms with Crippen LogP contribution in [0.5, 0.6) is 11.5 Å². The Morgan fingerprint density at radius 2 is 1.52 bits per heavy atom. The van der Waals surface area contributed by atoms with Crippen LogP contribution >= 0.6 is 0 Å². The maximum absolute atomic E-state index is 11.1. The number of rotatable bonds is 12. The molecule has 0 fully saturated rings. The van der Waals surface area contributed by atoms with Gasteiger partial charge < -0.3 is 18.8 Å². The fraction of sp³-hybridized carbons (Fsp3) is 0.381. The quantitative estimate of drug-likeness (QED) is 0.525. The minimum Gasteiger partial charge on any atom is -0.493 e. The summed E-state index contributed by atoms with van der Waals surface area (Å²) >= 11 is 0. The summed E-state index contributed by atoms with van der Waals surface area (Å²) in [6.45, 7) is 2.62. The van der Waals surface area contributed by atoms with E-state index < -0.39 is 22.2 Å². The maximum atomic E-state index is 11.1. The molecule has 0 aliphatic rings. The molecule has 158 valence electrons. The van der Waals surface area contributed by atoms with E-state index in [1.807, 2.05) is 24.3 Å². The first kappa shape index (κ1) is 22.7. The van der Waals surface area contributed by atoms with E-state index in [0.717, 1.165) is 23.1 Å². The van der Waals surface area contributed by atoms with Crippen LogP contribution in [0.4, 0.5) is 0 Å². The highest BCUT2D eigenvalue weighted by molar-refractivity contribution is 7.86. The number of hydrogen-bond donors (Lipinski definition) is 1. The molecule has 2 rings (SSSR count). The average molecular weight is 422 g/mol. The third kappa shape index (κ3) is 8.53. The van der Waals surface area contributed by atoms with Gasteiger partial charge in [0.2, 0.25) is 0 Å². The second-order valence-corrected chi connectivity index (χ2v) is 8.07. The highest BCUT2D eigenvalue weighted by Gasteiger charge is 2.16. The molecule has 0 saturated carbocycles. The third-order valence-electron chi connectivity index (χ3n) is 4.09. The predicted molar refractivity (Wildman–Crippen MR) is 109 cm³/mol. The molecule has 0 bridgehead atoms. The Kier molecular flexibility index (Phi) is 8.48. The van der Waals surface area contributed by atoms with Gasteiger partial charge >= 0.3 is 16.1 Å². The fourth-order valence-corrected chi connectivity index (χ4v) is 3.16. The van der Waals surface area contributed by atoms with Gasteiger partial charge in [-0.25, -0.2) is 4.79 Å². The van der Waals surface area contributed by atoms with Crippen molar-refractivity contribution in [2.45, 2.75) is 32.3 Å². The Balaban J connectivity index is 1.78. The first-order valence-corrected chi connectivity index (χ1v) is 11.1. The predicted octanol–water partition coefficient (Wildman–Crippen LogP) is 3.07. The Morgan fingerprint density at radius 3 is 2.03 bits per heavy atom. The van der Waals surface area contributed by atoms with Gasteiger partial charge in [-0.1, -0.05) is 24.3 Å². The molecule has 1 N–H and O–H groups in total. The van der Waals surface area contributed by atoms with Gasteiger partial charge in [-0.2, -0.15) is 8.42 Å². The Labute approximate surface area is 171 Å². The number of carboxylic acids is 1. The van der Waals surface area contributed by atoms with Gasteiger partial charge in [0.25, 0.3) is 0 Å². The van der Waals surface area contributed by atoms with Crippen molar-refractivity contribution < 1.29 is 32.0 Å². The van der Waals surface area contributed by atoms with Crippen molar-refractivity contribution in [3.63, 3.8) is 0 Å². The van der Waals surface area contributed by atoms with E-state index in [-0.39, 0.29) is 5.75 Å². The molecule has 1 unspecified atom stereocenters. The van der Waals surface area contributed by atoms with Crippen molar-refractivity contribution in [3.8, 4) is 11.5 Å². The largest absolute Gasteiger partial charge is 0.493 e. The van der Waals surface area contributed by atoms with Crippen LogP contribution in [0.15, 0.2) is 48.5 Å². The minimum atomic E-state index is -3.52. The number of carboxylic acid groups (broad SMARTS) is 1. The summed E-state index contributed by atoms with van der Waals surface area (Å²) in [5.74, 6) is 0.0651. The van der Waals surface area contributed by atoms with Crippen molar-refractivity contribution in [3.05, 3.63) is 59.7 Å². The lowest BCUT2D eigenvalue weighted by Gasteiger charge is -2.12. The van der Waals surface area contributed by atoms with E-state index in [1.54, 1.807) is 31.2 Å². The van der Waals surface area contributed by atoms with Crippen LogP contribution in [0.2, 0.25) is 0 Å². The van der Waals surface area contributed by atoms with Gasteiger partial charge in [-0.3, -0.25) is 0 Å². The van der Waals surface area contributed by atoms with Crippen LogP contribution < -0.4 is 8.92 Å². The van der Waals surface area contributed by atoms with Crippen LogP contribution in [0.25, 0.3) is 0 Å². The summed E-state index contributed by atoms with van der Waals surface area (Å²) in [5.41, 5.74) is 2.02. The first-order chi connectivity index (χ1) is 13.8. The average Bonchev–Trinajstić information content (AvgIpc) is 2.66. The summed E-state index contributed by atoms with van der Waals surface area (Å²) in [4.78, 5) is 11.1. The highest BCUT2D eigenvalue weighted by atomic mass is 32.2. The molecule has 1 atom stereocenters. The monoisotopic (exact) mass is 422 g/mol. The summed E-state index contributed by atoms with van der Waals surface area (Å²) in [6.07, 6.45) is 1.91. The first-order valence-electron chi connectivity index (χ1n) is 9.31. The molecule has 29 heavy (non-hydrogen) atoms. The minimum absolute atomic E-state index is 0.280. The number of carbonyl (C=O) groups is 1. The molecule has 0 aliphatic carbocycles. The number of aryl methyl sites for hydroxylation is 1. The van der Waals surface area contributed by atoms with Crippen molar-refractivity contribution in [2.24, 2.45) is 0 Å². The van der Waals surface area contributed by atoms with Crippen LogP contribution in [0, 0.1) is 0 Å². The molecular weight excluding hydrogens is 396 g/mol. The second-order valence-electron chi connectivity index (χ2n) is 6.49. The van der Waals surface area contributed by atoms with Gasteiger partial charge in [-0.05, 0) is 55.2 Å². The number of benzene rings is 2. The van der Waals surface area contributed by atoms with Crippen molar-refractivity contribution in [2.75, 3.05) is 19.5 Å². The Morgan fingerprint density at radius 1 is 0.966 bits per heavy atom.